The highest BCUT2D eigenvalue weighted by atomic mass is 32.2. The number of hydrogen-bond donors (Lipinski definition) is 2. The van der Waals surface area contributed by atoms with Gasteiger partial charge in [-0.3, -0.25) is 19.0 Å². The summed E-state index contributed by atoms with van der Waals surface area (Å²) >= 11 is 0. The first-order valence-corrected chi connectivity index (χ1v) is 34.1. The lowest BCUT2D eigenvalue weighted by Gasteiger charge is -2.38. The summed E-state index contributed by atoms with van der Waals surface area (Å²) in [6, 6.07) is 8.63. The summed E-state index contributed by atoms with van der Waals surface area (Å²) in [4.78, 5) is 23.9. The van der Waals surface area contributed by atoms with Crippen molar-refractivity contribution in [3.05, 3.63) is 93.8 Å². The molecule has 0 aliphatic carbocycles. The Morgan fingerprint density at radius 2 is 0.932 bits per heavy atom. The number of aliphatic carboxylic acids is 1. The van der Waals surface area contributed by atoms with Crippen LogP contribution in [0, 0.1) is 11.6 Å². The van der Waals surface area contributed by atoms with E-state index < -0.39 is 54.0 Å². The predicted octanol–water partition coefficient (Wildman–Crippen LogP) is 11.9. The van der Waals surface area contributed by atoms with Crippen LogP contribution >= 0.6 is 0 Å². The average Bonchev–Trinajstić information content (AvgIpc) is 3.88. The van der Waals surface area contributed by atoms with Crippen molar-refractivity contribution in [1.29, 1.82) is 0 Å². The van der Waals surface area contributed by atoms with E-state index in [4.69, 9.17) is 19.1 Å². The highest BCUT2D eigenvalue weighted by molar-refractivity contribution is 7.92. The first-order valence-electron chi connectivity index (χ1n) is 25.1. The first-order chi connectivity index (χ1) is 33.0. The second-order valence-corrected chi connectivity index (χ2v) is 36.4. The van der Waals surface area contributed by atoms with Crippen LogP contribution in [0.2, 0.25) is 36.3 Å². The number of Topliss-reactive ketones (excluding diaryl/α,β-unsaturated/α-hetero) is 1. The molecule has 0 saturated heterocycles. The van der Waals surface area contributed by atoms with E-state index in [-0.39, 0.29) is 80.5 Å². The van der Waals surface area contributed by atoms with Crippen LogP contribution < -0.4 is 5.14 Å². The summed E-state index contributed by atoms with van der Waals surface area (Å²) in [5.74, 6) is -2.33. The molecule has 0 bridgehead atoms. The standard InChI is InChI=1S/C27H43FN2O4SSi.C14H19FO2.C12H25N3O3SSi/c1-18(2)23-13-21(28)14-24(19(3)4)25(23)15-22(31)17-35(32,33)26-11-12-30(29-26)16-20(5)34-36(9,10)27(6,7)8;1-8(2)11-5-10(15)6-12(9(3)4)13(11)7-14(16)17;1-10(18-20(5,6)12(2,3)4)9-15-8-7-11(14-15)19(13,16)17/h11-14,18-20H,15-17H2,1-10H3;5-6,8-9H,7H2,1-4H3,(H,16,17);7-8,10H,9H2,1-6H3,(H2,13,16,17)/t20-;;10-/m1.1/s1. The fourth-order valence-electron chi connectivity index (χ4n) is 7.68. The number of carbonyl (C=O) groups is 2. The zero-order chi connectivity index (χ0) is 56.6. The third-order valence-corrected chi connectivity index (χ3v) is 25.0. The van der Waals surface area contributed by atoms with Crippen LogP contribution in [0.15, 0.2) is 58.8 Å². The molecule has 0 aliphatic heterocycles. The number of carboxylic acid groups (broad SMARTS) is 1. The first kappa shape index (κ1) is 65.2. The molecule has 2 aromatic heterocycles. The van der Waals surface area contributed by atoms with E-state index in [1.807, 2.05) is 69.2 Å². The maximum absolute atomic E-state index is 14.2. The van der Waals surface area contributed by atoms with Crippen molar-refractivity contribution >= 4 is 48.2 Å². The molecular formula is C53H87F2N5O9S2Si2. The van der Waals surface area contributed by atoms with Crippen molar-refractivity contribution in [2.75, 3.05) is 5.75 Å². The normalized spacial score (nSPS) is 13.7. The van der Waals surface area contributed by atoms with E-state index in [0.717, 1.165) is 33.4 Å². The Morgan fingerprint density at radius 1 is 0.616 bits per heavy atom. The molecule has 0 radical (unpaired) electrons. The number of hydrogen-bond acceptors (Lipinski definition) is 10. The van der Waals surface area contributed by atoms with Gasteiger partial charge in [-0.05, 0) is 144 Å². The zero-order valence-corrected chi connectivity index (χ0v) is 50.9. The number of ketones is 1. The van der Waals surface area contributed by atoms with Gasteiger partial charge in [-0.2, -0.15) is 10.2 Å². The molecule has 14 nitrogen and oxygen atoms in total. The molecule has 20 heteroatoms. The molecule has 0 spiro atoms. The van der Waals surface area contributed by atoms with E-state index in [1.165, 1.54) is 36.4 Å². The number of benzene rings is 2. The molecule has 2 atom stereocenters. The number of aromatic nitrogens is 4. The van der Waals surface area contributed by atoms with E-state index in [9.17, 15) is 35.2 Å². The number of halogens is 2. The van der Waals surface area contributed by atoms with Gasteiger partial charge in [0.2, 0.25) is 9.84 Å². The monoisotopic (exact) mass is 1100 g/mol. The Morgan fingerprint density at radius 3 is 1.22 bits per heavy atom. The lowest BCUT2D eigenvalue weighted by atomic mass is 9.86. The summed E-state index contributed by atoms with van der Waals surface area (Å²) in [5.41, 5.74) is 4.58. The van der Waals surface area contributed by atoms with Crippen LogP contribution in [0.25, 0.3) is 0 Å². The number of primary sulfonamides is 1. The van der Waals surface area contributed by atoms with Crippen LogP contribution in [0.3, 0.4) is 0 Å². The Balaban J connectivity index is 0.000000415. The number of sulfone groups is 1. The topological polar surface area (TPSA) is 203 Å². The number of carbonyl (C=O) groups excluding carboxylic acids is 1. The number of nitrogens with zero attached hydrogens (tertiary/aromatic N) is 4. The van der Waals surface area contributed by atoms with Crippen LogP contribution in [-0.2, 0) is 64.2 Å². The minimum atomic E-state index is -3.91. The van der Waals surface area contributed by atoms with Gasteiger partial charge in [0.25, 0.3) is 10.0 Å². The molecule has 0 fully saturated rings. The highest BCUT2D eigenvalue weighted by Gasteiger charge is 2.39. The molecule has 4 aromatic rings. The number of nitrogens with two attached hydrogens (primary N) is 1. The molecule has 73 heavy (non-hydrogen) atoms. The van der Waals surface area contributed by atoms with E-state index in [2.05, 4.69) is 77.9 Å². The van der Waals surface area contributed by atoms with Gasteiger partial charge in [0.1, 0.15) is 17.4 Å². The van der Waals surface area contributed by atoms with Crippen LogP contribution in [-0.4, -0.2) is 87.9 Å². The number of sulfonamides is 1. The zero-order valence-electron chi connectivity index (χ0n) is 47.3. The average molecular weight is 1100 g/mol. The fraction of sp³-hybridized carbons (Fsp3) is 0.623. The number of rotatable bonds is 20. The molecular weight excluding hydrogens is 1010 g/mol. The lowest BCUT2D eigenvalue weighted by Crippen LogP contribution is -2.44. The van der Waals surface area contributed by atoms with Crippen molar-refractivity contribution in [2.24, 2.45) is 5.14 Å². The van der Waals surface area contributed by atoms with E-state index in [0.29, 0.717) is 13.1 Å². The molecule has 412 valence electrons. The summed E-state index contributed by atoms with van der Waals surface area (Å²) in [6.07, 6.45) is 2.94. The van der Waals surface area contributed by atoms with Gasteiger partial charge in [0.15, 0.2) is 32.5 Å². The van der Waals surface area contributed by atoms with Crippen LogP contribution in [0.5, 0.6) is 0 Å². The predicted molar refractivity (Wildman–Crippen MR) is 293 cm³/mol. The molecule has 0 unspecified atom stereocenters. The van der Waals surface area contributed by atoms with E-state index in [1.54, 1.807) is 21.8 Å². The highest BCUT2D eigenvalue weighted by Crippen LogP contribution is 2.39. The van der Waals surface area contributed by atoms with E-state index >= 15 is 0 Å². The van der Waals surface area contributed by atoms with Gasteiger partial charge in [0.05, 0.1) is 31.7 Å². The van der Waals surface area contributed by atoms with Crippen molar-refractivity contribution in [3.8, 4) is 0 Å². The van der Waals surface area contributed by atoms with Crippen molar-refractivity contribution < 1.29 is 49.2 Å². The van der Waals surface area contributed by atoms with Gasteiger partial charge < -0.3 is 14.0 Å². The van der Waals surface area contributed by atoms with Gasteiger partial charge >= 0.3 is 5.97 Å². The molecule has 4 rings (SSSR count). The smallest absolute Gasteiger partial charge is 0.307 e. The van der Waals surface area contributed by atoms with Crippen LogP contribution in [0.1, 0.15) is 168 Å². The van der Waals surface area contributed by atoms with Crippen molar-refractivity contribution in [2.45, 2.75) is 219 Å². The van der Waals surface area contributed by atoms with Crippen molar-refractivity contribution in [1.82, 2.24) is 19.6 Å². The van der Waals surface area contributed by atoms with Gasteiger partial charge in [-0.15, -0.1) is 0 Å². The third kappa shape index (κ3) is 19.6. The quantitative estimate of drug-likeness (QED) is 0.0797. The Hall–Kier alpha value is -3.93. The SMILES string of the molecule is CC(C)c1cc(F)cc(C(C)C)c1CC(=O)CS(=O)(=O)c1ccn(C[C@@H](C)O[Si](C)(C)C(C)(C)C)n1.CC(C)c1cc(F)cc(C(C)C)c1CC(=O)O.C[C@H](Cn1ccc(S(N)(=O)=O)n1)O[Si](C)(C)C(C)(C)C. The van der Waals surface area contributed by atoms with Gasteiger partial charge in [-0.25, -0.2) is 30.8 Å². The lowest BCUT2D eigenvalue weighted by molar-refractivity contribution is -0.136. The van der Waals surface area contributed by atoms with Gasteiger partial charge in [-0.1, -0.05) is 96.9 Å². The third-order valence-electron chi connectivity index (χ3n) is 13.4. The summed E-state index contributed by atoms with van der Waals surface area (Å²) < 4.78 is 91.7. The summed E-state index contributed by atoms with van der Waals surface area (Å²) in [7, 11) is -11.5. The molecule has 0 amide bonds. The largest absolute Gasteiger partial charge is 0.481 e. The summed E-state index contributed by atoms with van der Waals surface area (Å²) in [6.45, 7) is 42.1. The Kier molecular flexibility index (Phi) is 23.0. The molecule has 2 aromatic carbocycles. The molecule has 0 aliphatic rings. The van der Waals surface area contributed by atoms with Gasteiger partial charge in [0, 0.05) is 18.8 Å². The second kappa shape index (κ2) is 25.7. The minimum absolute atomic E-state index is 0.00355. The Bertz CT molecular complexity index is 2660. The number of carboxylic acids is 1. The fourth-order valence-corrected chi connectivity index (χ4v) is 12.2. The molecule has 0 saturated carbocycles. The maximum Gasteiger partial charge on any atom is 0.307 e. The van der Waals surface area contributed by atoms with Crippen LogP contribution in [0.4, 0.5) is 8.78 Å². The molecule has 2 heterocycles. The second-order valence-electron chi connectivity index (χ2n) is 23.5. The minimum Gasteiger partial charge on any atom is -0.481 e. The van der Waals surface area contributed by atoms with Crippen molar-refractivity contribution in [3.63, 3.8) is 0 Å². The Labute approximate surface area is 438 Å². The molecule has 3 N–H and O–H groups in total. The summed E-state index contributed by atoms with van der Waals surface area (Å²) in [5, 5.41) is 22.1. The maximum atomic E-state index is 14.2.